The van der Waals surface area contributed by atoms with Crippen LogP contribution in [-0.4, -0.2) is 24.2 Å². The van der Waals surface area contributed by atoms with Crippen molar-refractivity contribution in [3.63, 3.8) is 0 Å². The average molecular weight is 430 g/mol. The molecular formula is C25H35NO3S. The van der Waals surface area contributed by atoms with Crippen LogP contribution in [0.4, 0.5) is 10.5 Å². The minimum atomic E-state index is -0.372. The van der Waals surface area contributed by atoms with Crippen LogP contribution < -0.4 is 4.90 Å². The fourth-order valence-electron chi connectivity index (χ4n) is 3.24. The molecule has 0 aliphatic carbocycles. The standard InChI is InChI=1S/C25H35NO3S/c1-17-9-11-19(12-10-17)26(23(28)29-8)16-30-15-18-13-20(24(2,3)4)22(27)21(14-18)25(5,6)7/h9-14,27H,15-16H2,1-8H3. The average Bonchev–Trinajstić information content (AvgIpc) is 2.64. The molecule has 0 spiro atoms. The van der Waals surface area contributed by atoms with Crippen LogP contribution in [0.3, 0.4) is 0 Å². The van der Waals surface area contributed by atoms with Gasteiger partial charge in [0.15, 0.2) is 0 Å². The number of aromatic hydroxyl groups is 1. The Balaban J connectivity index is 2.26. The molecule has 2 aromatic carbocycles. The molecule has 0 radical (unpaired) electrons. The van der Waals surface area contributed by atoms with Crippen molar-refractivity contribution in [2.24, 2.45) is 0 Å². The molecule has 0 aliphatic heterocycles. The number of methoxy groups -OCH3 is 1. The molecule has 5 heteroatoms. The SMILES string of the molecule is COC(=O)N(CSCc1cc(C(C)(C)C)c(O)c(C(C)(C)C)c1)c1ccc(C)cc1. The van der Waals surface area contributed by atoms with E-state index in [1.54, 1.807) is 16.7 Å². The van der Waals surface area contributed by atoms with Crippen LogP contribution in [0.5, 0.6) is 5.75 Å². The summed E-state index contributed by atoms with van der Waals surface area (Å²) >= 11 is 1.65. The maximum Gasteiger partial charge on any atom is 0.414 e. The summed E-state index contributed by atoms with van der Waals surface area (Å²) in [4.78, 5) is 14.0. The van der Waals surface area contributed by atoms with Gasteiger partial charge in [0.25, 0.3) is 0 Å². The van der Waals surface area contributed by atoms with E-state index in [-0.39, 0.29) is 16.9 Å². The molecule has 0 saturated carbocycles. The van der Waals surface area contributed by atoms with Crippen molar-refractivity contribution >= 4 is 23.5 Å². The molecule has 0 bridgehead atoms. The summed E-state index contributed by atoms with van der Waals surface area (Å²) in [5.74, 6) is 1.59. The summed E-state index contributed by atoms with van der Waals surface area (Å²) in [7, 11) is 1.40. The Hall–Kier alpha value is -2.14. The first-order chi connectivity index (χ1) is 13.8. The van der Waals surface area contributed by atoms with Crippen molar-refractivity contribution in [2.45, 2.75) is 65.0 Å². The normalized spacial score (nSPS) is 12.0. The number of phenols is 1. The molecule has 0 heterocycles. The number of thioether (sulfide) groups is 1. The van der Waals surface area contributed by atoms with Gasteiger partial charge in [0.2, 0.25) is 0 Å². The number of anilines is 1. The van der Waals surface area contributed by atoms with Gasteiger partial charge in [-0.15, -0.1) is 11.8 Å². The maximum absolute atomic E-state index is 12.3. The molecule has 30 heavy (non-hydrogen) atoms. The molecule has 4 nitrogen and oxygen atoms in total. The number of hydrogen-bond donors (Lipinski definition) is 1. The van der Waals surface area contributed by atoms with E-state index in [4.69, 9.17) is 4.74 Å². The Morgan fingerprint density at radius 1 is 1.00 bits per heavy atom. The van der Waals surface area contributed by atoms with Gasteiger partial charge in [0, 0.05) is 11.4 Å². The summed E-state index contributed by atoms with van der Waals surface area (Å²) in [5, 5.41) is 10.9. The summed E-state index contributed by atoms with van der Waals surface area (Å²) in [6.07, 6.45) is -0.372. The molecule has 0 unspecified atom stereocenters. The molecule has 0 atom stereocenters. The van der Waals surface area contributed by atoms with Crippen LogP contribution in [-0.2, 0) is 21.3 Å². The number of phenolic OH excluding ortho intramolecular Hbond substituents is 1. The highest BCUT2D eigenvalue weighted by Crippen LogP contribution is 2.40. The number of carbonyl (C=O) groups is 1. The lowest BCUT2D eigenvalue weighted by Crippen LogP contribution is -2.30. The molecule has 1 N–H and O–H groups in total. The summed E-state index contributed by atoms with van der Waals surface area (Å²) in [6.45, 7) is 14.7. The number of benzene rings is 2. The van der Waals surface area contributed by atoms with Gasteiger partial charge in [0.1, 0.15) is 5.75 Å². The van der Waals surface area contributed by atoms with Crippen molar-refractivity contribution in [3.05, 3.63) is 58.7 Å². The highest BCUT2D eigenvalue weighted by molar-refractivity contribution is 7.98. The minimum absolute atomic E-state index is 0.162. The number of ether oxygens (including phenoxy) is 1. The van der Waals surface area contributed by atoms with Crippen molar-refractivity contribution in [2.75, 3.05) is 17.9 Å². The zero-order chi connectivity index (χ0) is 22.7. The van der Waals surface area contributed by atoms with Crippen LogP contribution in [0.1, 0.15) is 63.8 Å². The molecule has 0 saturated heterocycles. The Morgan fingerprint density at radius 2 is 1.50 bits per heavy atom. The Labute approximate surface area is 185 Å². The molecule has 1 amide bonds. The second-order valence-electron chi connectivity index (χ2n) is 9.75. The van der Waals surface area contributed by atoms with Crippen molar-refractivity contribution in [3.8, 4) is 5.75 Å². The molecule has 0 aromatic heterocycles. The van der Waals surface area contributed by atoms with Crippen LogP contribution in [0.2, 0.25) is 0 Å². The molecule has 2 aromatic rings. The fraction of sp³-hybridized carbons (Fsp3) is 0.480. The Morgan fingerprint density at radius 3 is 1.93 bits per heavy atom. The number of rotatable bonds is 5. The Bertz CT molecular complexity index is 842. The van der Waals surface area contributed by atoms with Gasteiger partial charge in [-0.05, 0) is 46.6 Å². The zero-order valence-corrected chi connectivity index (χ0v) is 20.3. The summed E-state index contributed by atoms with van der Waals surface area (Å²) < 4.78 is 4.98. The van der Waals surface area contributed by atoms with Crippen molar-refractivity contribution in [1.82, 2.24) is 0 Å². The van der Waals surface area contributed by atoms with Crippen molar-refractivity contribution < 1.29 is 14.6 Å². The van der Waals surface area contributed by atoms with Gasteiger partial charge in [-0.2, -0.15) is 0 Å². The van der Waals surface area contributed by atoms with Gasteiger partial charge >= 0.3 is 6.09 Å². The van der Waals surface area contributed by atoms with Gasteiger partial charge in [0.05, 0.1) is 13.0 Å². The molecule has 0 fully saturated rings. The first-order valence-electron chi connectivity index (χ1n) is 10.2. The van der Waals surface area contributed by atoms with Crippen LogP contribution >= 0.6 is 11.8 Å². The fourth-order valence-corrected chi connectivity index (χ4v) is 4.17. The second kappa shape index (κ2) is 9.34. The van der Waals surface area contributed by atoms with E-state index in [0.717, 1.165) is 33.7 Å². The summed E-state index contributed by atoms with van der Waals surface area (Å²) in [5.41, 5.74) is 4.68. The third-order valence-electron chi connectivity index (χ3n) is 5.02. The Kier molecular flexibility index (Phi) is 7.51. The zero-order valence-electron chi connectivity index (χ0n) is 19.5. The maximum atomic E-state index is 12.3. The number of hydrogen-bond acceptors (Lipinski definition) is 4. The lowest BCUT2D eigenvalue weighted by atomic mass is 9.78. The van der Waals surface area contributed by atoms with E-state index in [0.29, 0.717) is 11.6 Å². The van der Waals surface area contributed by atoms with E-state index in [1.165, 1.54) is 7.11 Å². The predicted octanol–water partition coefficient (Wildman–Crippen LogP) is 6.76. The lowest BCUT2D eigenvalue weighted by molar-refractivity contribution is 0.180. The molecule has 2 rings (SSSR count). The predicted molar refractivity (Wildman–Crippen MR) is 128 cm³/mol. The first-order valence-corrected chi connectivity index (χ1v) is 11.4. The van der Waals surface area contributed by atoms with E-state index in [9.17, 15) is 9.90 Å². The van der Waals surface area contributed by atoms with E-state index in [2.05, 4.69) is 53.7 Å². The molecule has 164 valence electrons. The largest absolute Gasteiger partial charge is 0.507 e. The topological polar surface area (TPSA) is 49.8 Å². The molecular weight excluding hydrogens is 394 g/mol. The quantitative estimate of drug-likeness (QED) is 0.534. The number of carbonyl (C=O) groups excluding carboxylic acids is 1. The first kappa shape index (κ1) is 24.1. The highest BCUT2D eigenvalue weighted by atomic mass is 32.2. The van der Waals surface area contributed by atoms with Crippen LogP contribution in [0, 0.1) is 6.92 Å². The van der Waals surface area contributed by atoms with Gasteiger partial charge in [-0.25, -0.2) is 4.79 Å². The number of amides is 1. The minimum Gasteiger partial charge on any atom is -0.507 e. The number of aryl methyl sites for hydroxylation is 1. The lowest BCUT2D eigenvalue weighted by Gasteiger charge is -2.28. The van der Waals surface area contributed by atoms with Gasteiger partial charge < -0.3 is 9.84 Å². The van der Waals surface area contributed by atoms with Gasteiger partial charge in [-0.1, -0.05) is 71.4 Å². The molecule has 0 aliphatic rings. The van der Waals surface area contributed by atoms with Gasteiger partial charge in [-0.3, -0.25) is 4.90 Å². The monoisotopic (exact) mass is 429 g/mol. The second-order valence-corrected chi connectivity index (χ2v) is 10.7. The van der Waals surface area contributed by atoms with Crippen LogP contribution in [0.15, 0.2) is 36.4 Å². The smallest absolute Gasteiger partial charge is 0.414 e. The van der Waals surface area contributed by atoms with Crippen molar-refractivity contribution in [1.29, 1.82) is 0 Å². The highest BCUT2D eigenvalue weighted by Gasteiger charge is 2.26. The van der Waals surface area contributed by atoms with E-state index >= 15 is 0 Å². The van der Waals surface area contributed by atoms with E-state index in [1.807, 2.05) is 31.2 Å². The third-order valence-corrected chi connectivity index (χ3v) is 5.99. The summed E-state index contributed by atoms with van der Waals surface area (Å²) in [6, 6.07) is 12.0. The number of nitrogens with zero attached hydrogens (tertiary/aromatic N) is 1. The van der Waals surface area contributed by atoms with E-state index < -0.39 is 0 Å². The van der Waals surface area contributed by atoms with Crippen LogP contribution in [0.25, 0.3) is 0 Å². The third kappa shape index (κ3) is 5.94.